The minimum absolute atomic E-state index is 0.0988. The molecule has 1 atom stereocenters. The van der Waals surface area contributed by atoms with Gasteiger partial charge in [-0.1, -0.05) is 24.5 Å². The Morgan fingerprint density at radius 3 is 2.36 bits per heavy atom. The Bertz CT molecular complexity index is 1700. The summed E-state index contributed by atoms with van der Waals surface area (Å²) in [5, 5.41) is 15.7. The van der Waals surface area contributed by atoms with Gasteiger partial charge in [-0.3, -0.25) is 9.25 Å². The summed E-state index contributed by atoms with van der Waals surface area (Å²) in [6.45, 7) is 17.4. The Morgan fingerprint density at radius 1 is 0.927 bits per heavy atom. The highest BCUT2D eigenvalue weighted by atomic mass is 16.6. The number of ether oxygens (including phenoxy) is 3. The second-order valence-corrected chi connectivity index (χ2v) is 16.9. The van der Waals surface area contributed by atoms with E-state index in [0.29, 0.717) is 56.4 Å². The SMILES string of the molecule is CC(C)(C)OC(=O)N(CCCN(C(=O)OC(C)(C)C)C1CCCCC1)CCn1cc(CNc2nc(N3CCNCC3)nc3c2ncn3C2CCCCO2)nn1. The lowest BCUT2D eigenvalue weighted by Gasteiger charge is -2.36. The zero-order valence-corrected chi connectivity index (χ0v) is 33.8. The van der Waals surface area contributed by atoms with Crippen molar-refractivity contribution in [3.8, 4) is 0 Å². The first kappa shape index (κ1) is 40.4. The van der Waals surface area contributed by atoms with E-state index in [2.05, 4.69) is 25.8 Å². The number of fused-ring (bicyclic) bond motifs is 1. The number of rotatable bonds is 13. The van der Waals surface area contributed by atoms with Gasteiger partial charge < -0.3 is 39.5 Å². The van der Waals surface area contributed by atoms with Crippen molar-refractivity contribution in [1.82, 2.24) is 49.6 Å². The first-order chi connectivity index (χ1) is 26.3. The third kappa shape index (κ3) is 11.4. The predicted octanol–water partition coefficient (Wildman–Crippen LogP) is 5.34. The highest BCUT2D eigenvalue weighted by molar-refractivity contribution is 5.84. The Balaban J connectivity index is 1.11. The van der Waals surface area contributed by atoms with Gasteiger partial charge in [0.05, 0.1) is 25.6 Å². The molecule has 17 nitrogen and oxygen atoms in total. The molecule has 0 spiro atoms. The first-order valence-corrected chi connectivity index (χ1v) is 20.3. The molecule has 3 fully saturated rings. The lowest BCUT2D eigenvalue weighted by Crippen LogP contribution is -2.46. The highest BCUT2D eigenvalue weighted by Crippen LogP contribution is 2.30. The monoisotopic (exact) mass is 766 g/mol. The Hall–Kier alpha value is -4.25. The van der Waals surface area contributed by atoms with Crippen LogP contribution in [0.3, 0.4) is 0 Å². The van der Waals surface area contributed by atoms with Crippen molar-refractivity contribution >= 4 is 35.1 Å². The van der Waals surface area contributed by atoms with Gasteiger partial charge >= 0.3 is 12.2 Å². The third-order valence-electron chi connectivity index (χ3n) is 10.0. The van der Waals surface area contributed by atoms with Crippen molar-refractivity contribution in [2.24, 2.45) is 0 Å². The fourth-order valence-electron chi connectivity index (χ4n) is 7.30. The van der Waals surface area contributed by atoms with Crippen molar-refractivity contribution in [2.75, 3.05) is 62.6 Å². The third-order valence-corrected chi connectivity index (χ3v) is 10.0. The summed E-state index contributed by atoms with van der Waals surface area (Å²) in [6.07, 6.45) is 11.9. The Morgan fingerprint density at radius 2 is 1.65 bits per heavy atom. The molecule has 3 aromatic rings. The number of nitrogens with one attached hydrogen (secondary N) is 2. The number of imidazole rings is 1. The average Bonchev–Trinajstić information content (AvgIpc) is 3.80. The smallest absolute Gasteiger partial charge is 0.410 e. The number of carbonyl (C=O) groups excluding carboxylic acids is 2. The van der Waals surface area contributed by atoms with Crippen LogP contribution < -0.4 is 15.5 Å². The van der Waals surface area contributed by atoms with E-state index in [4.69, 9.17) is 29.2 Å². The van der Waals surface area contributed by atoms with Crippen LogP contribution >= 0.6 is 0 Å². The van der Waals surface area contributed by atoms with E-state index in [0.717, 1.165) is 89.1 Å². The number of anilines is 2. The van der Waals surface area contributed by atoms with Gasteiger partial charge in [0.2, 0.25) is 5.95 Å². The fraction of sp³-hybridized carbons (Fsp3) is 0.763. The van der Waals surface area contributed by atoms with Gasteiger partial charge in [0.1, 0.15) is 23.1 Å². The van der Waals surface area contributed by atoms with Gasteiger partial charge in [-0.15, -0.1) is 5.10 Å². The summed E-state index contributed by atoms with van der Waals surface area (Å²) >= 11 is 0. The van der Waals surface area contributed by atoms with Gasteiger partial charge in [0, 0.05) is 58.5 Å². The molecule has 6 rings (SSSR count). The molecule has 2 amide bonds. The molecule has 2 saturated heterocycles. The van der Waals surface area contributed by atoms with E-state index in [9.17, 15) is 9.59 Å². The Kier molecular flexibility index (Phi) is 13.3. The number of nitrogens with zero attached hydrogens (tertiary/aromatic N) is 10. The number of aromatic nitrogens is 7. The van der Waals surface area contributed by atoms with Crippen LogP contribution in [-0.2, 0) is 27.3 Å². The second kappa shape index (κ2) is 18.1. The summed E-state index contributed by atoms with van der Waals surface area (Å²) in [5.74, 6) is 1.29. The summed E-state index contributed by atoms with van der Waals surface area (Å²) < 4.78 is 21.4. The quantitative estimate of drug-likeness (QED) is 0.229. The summed E-state index contributed by atoms with van der Waals surface area (Å²) in [5.41, 5.74) is 0.914. The fourth-order valence-corrected chi connectivity index (χ4v) is 7.30. The molecule has 0 aromatic carbocycles. The van der Waals surface area contributed by atoms with E-state index in [1.165, 1.54) is 6.42 Å². The van der Waals surface area contributed by atoms with Gasteiger partial charge in [-0.25, -0.2) is 14.6 Å². The van der Waals surface area contributed by atoms with E-state index >= 15 is 0 Å². The summed E-state index contributed by atoms with van der Waals surface area (Å²) in [4.78, 5) is 47.1. The van der Waals surface area contributed by atoms with Crippen LogP contribution in [0.4, 0.5) is 21.4 Å². The number of amides is 2. The van der Waals surface area contributed by atoms with E-state index < -0.39 is 17.3 Å². The molecule has 1 saturated carbocycles. The molecule has 2 N–H and O–H groups in total. The second-order valence-electron chi connectivity index (χ2n) is 16.9. The molecule has 0 radical (unpaired) electrons. The molecule has 2 aliphatic heterocycles. The molecule has 1 aliphatic carbocycles. The molecule has 5 heterocycles. The zero-order valence-electron chi connectivity index (χ0n) is 33.8. The molecule has 17 heteroatoms. The molecule has 304 valence electrons. The highest BCUT2D eigenvalue weighted by Gasteiger charge is 2.30. The van der Waals surface area contributed by atoms with Crippen molar-refractivity contribution < 1.29 is 23.8 Å². The standard InChI is InChI=1S/C38H62N12O5/c1-37(2,3)54-35(51)47(18-12-19-49(29-13-8-7-9-14-29)36(52)55-38(4,5)6)22-23-48-26-28(44-45-48)25-40-32-31-33(43-34(42-32)46-20-16-39-17-21-46)50(27-41-31)30-15-10-11-24-53-30/h26-27,29-30,39H,7-25H2,1-6H3,(H,40,42,43). The molecule has 3 aliphatic rings. The average molecular weight is 767 g/mol. The summed E-state index contributed by atoms with van der Waals surface area (Å²) in [7, 11) is 0. The van der Waals surface area contributed by atoms with Crippen molar-refractivity contribution in [3.05, 3.63) is 18.2 Å². The summed E-state index contributed by atoms with van der Waals surface area (Å²) in [6, 6.07) is 0.148. The van der Waals surface area contributed by atoms with Crippen LogP contribution in [0.5, 0.6) is 0 Å². The van der Waals surface area contributed by atoms with Gasteiger partial charge in [0.15, 0.2) is 17.0 Å². The maximum Gasteiger partial charge on any atom is 0.410 e. The van der Waals surface area contributed by atoms with Crippen LogP contribution in [0.25, 0.3) is 11.2 Å². The van der Waals surface area contributed by atoms with E-state index in [1.54, 1.807) is 15.9 Å². The molecule has 0 bridgehead atoms. The van der Waals surface area contributed by atoms with Gasteiger partial charge in [-0.05, 0) is 80.1 Å². The van der Waals surface area contributed by atoms with Crippen LogP contribution in [0, 0.1) is 0 Å². The minimum Gasteiger partial charge on any atom is -0.444 e. The van der Waals surface area contributed by atoms with Gasteiger partial charge in [0.25, 0.3) is 0 Å². The lowest BCUT2D eigenvalue weighted by molar-refractivity contribution is -0.0298. The molecule has 55 heavy (non-hydrogen) atoms. The largest absolute Gasteiger partial charge is 0.444 e. The van der Waals surface area contributed by atoms with Crippen molar-refractivity contribution in [2.45, 2.75) is 136 Å². The van der Waals surface area contributed by atoms with E-state index in [-0.39, 0.29) is 18.4 Å². The van der Waals surface area contributed by atoms with Crippen molar-refractivity contribution in [3.63, 3.8) is 0 Å². The number of carbonyl (C=O) groups is 2. The minimum atomic E-state index is -0.650. The molecule has 3 aromatic heterocycles. The lowest BCUT2D eigenvalue weighted by atomic mass is 9.94. The van der Waals surface area contributed by atoms with Crippen LogP contribution in [0.2, 0.25) is 0 Å². The number of hydrogen-bond acceptors (Lipinski definition) is 13. The van der Waals surface area contributed by atoms with E-state index in [1.807, 2.05) is 57.2 Å². The maximum absolute atomic E-state index is 13.4. The molecule has 1 unspecified atom stereocenters. The van der Waals surface area contributed by atoms with Crippen molar-refractivity contribution in [1.29, 1.82) is 0 Å². The van der Waals surface area contributed by atoms with Crippen LogP contribution in [0.1, 0.15) is 111 Å². The number of piperazine rings is 1. The Labute approximate surface area is 324 Å². The van der Waals surface area contributed by atoms with Gasteiger partial charge in [-0.2, -0.15) is 9.97 Å². The normalized spacial score (nSPS) is 18.7. The van der Waals surface area contributed by atoms with Crippen LogP contribution in [-0.4, -0.2) is 126 Å². The van der Waals surface area contributed by atoms with Crippen LogP contribution in [0.15, 0.2) is 12.5 Å². The molecular formula is C38H62N12O5. The zero-order chi connectivity index (χ0) is 39.0. The maximum atomic E-state index is 13.4. The predicted molar refractivity (Wildman–Crippen MR) is 209 cm³/mol. The molecular weight excluding hydrogens is 704 g/mol. The first-order valence-electron chi connectivity index (χ1n) is 20.3. The topological polar surface area (TPSA) is 170 Å². The number of hydrogen-bond donors (Lipinski definition) is 2.